The minimum Gasteiger partial charge on any atom is -0.482 e. The van der Waals surface area contributed by atoms with Crippen molar-refractivity contribution in [3.8, 4) is 17.0 Å². The lowest BCUT2D eigenvalue weighted by molar-refractivity contribution is -0.139. The van der Waals surface area contributed by atoms with E-state index in [-0.39, 0.29) is 6.61 Å². The first-order chi connectivity index (χ1) is 13.2. The van der Waals surface area contributed by atoms with Gasteiger partial charge in [-0.3, -0.25) is 14.9 Å². The van der Waals surface area contributed by atoms with Crippen molar-refractivity contribution >= 4 is 5.97 Å². The third-order valence-electron chi connectivity index (χ3n) is 5.59. The van der Waals surface area contributed by atoms with Crippen LogP contribution in [-0.4, -0.2) is 45.6 Å². The van der Waals surface area contributed by atoms with Gasteiger partial charge in [0.05, 0.1) is 11.9 Å². The number of nitrogens with zero attached hydrogens (tertiary/aromatic N) is 3. The molecule has 0 radical (unpaired) electrons. The van der Waals surface area contributed by atoms with Crippen molar-refractivity contribution in [1.82, 2.24) is 14.9 Å². The Bertz CT molecular complexity index is 785. The Hall–Kier alpha value is -2.47. The number of piperidine rings is 1. The Balaban J connectivity index is 1.58. The summed E-state index contributed by atoms with van der Waals surface area (Å²) >= 11 is 0. The summed E-state index contributed by atoms with van der Waals surface area (Å²) < 4.78 is 5.56. The van der Waals surface area contributed by atoms with E-state index in [0.29, 0.717) is 5.75 Å². The fourth-order valence-electron chi connectivity index (χ4n) is 4.50. The predicted octanol–water partition coefficient (Wildman–Crippen LogP) is 3.23. The maximum Gasteiger partial charge on any atom is 0.341 e. The molecule has 0 unspecified atom stereocenters. The zero-order valence-electron chi connectivity index (χ0n) is 15.4. The van der Waals surface area contributed by atoms with E-state index in [1.165, 1.54) is 25.7 Å². The lowest BCUT2D eigenvalue weighted by Crippen LogP contribution is -2.42. The Morgan fingerprint density at radius 1 is 1.22 bits per heavy atom. The molecule has 1 aliphatic carbocycles. The third-order valence-corrected chi connectivity index (χ3v) is 5.59. The number of aromatic nitrogens is 2. The number of likely N-dealkylation sites (tertiary alicyclic amines) is 1. The number of fused-ring (bicyclic) bond motifs is 2. The van der Waals surface area contributed by atoms with Crippen LogP contribution in [0.1, 0.15) is 31.2 Å². The number of aliphatic carboxylic acids is 1. The van der Waals surface area contributed by atoms with Gasteiger partial charge in [0.1, 0.15) is 5.75 Å². The second-order valence-corrected chi connectivity index (χ2v) is 7.69. The minimum absolute atomic E-state index is 0.331. The van der Waals surface area contributed by atoms with E-state index in [1.54, 1.807) is 18.6 Å². The molecule has 1 N–H and O–H groups in total. The standard InChI is InChI=1S/C21H25N3O3/c25-21(26)14-27-20-5-4-17(19-10-22-6-7-23-19)9-18(20)13-24-11-15-2-1-3-16(8-15)12-24/h4-7,9-10,15-16H,1-3,8,11-14H2,(H,25,26)/t15-,16-/m0/s1. The second-order valence-electron chi connectivity index (χ2n) is 7.69. The van der Waals surface area contributed by atoms with Gasteiger partial charge in [0.15, 0.2) is 6.61 Å². The molecule has 1 aliphatic heterocycles. The summed E-state index contributed by atoms with van der Waals surface area (Å²) in [5, 5.41) is 8.97. The summed E-state index contributed by atoms with van der Waals surface area (Å²) in [6.07, 6.45) is 10.4. The Morgan fingerprint density at radius 3 is 2.74 bits per heavy atom. The normalized spacial score (nSPS) is 22.4. The van der Waals surface area contributed by atoms with Crippen molar-refractivity contribution < 1.29 is 14.6 Å². The monoisotopic (exact) mass is 367 g/mol. The van der Waals surface area contributed by atoms with Crippen LogP contribution < -0.4 is 4.74 Å². The number of carbonyl (C=O) groups is 1. The molecule has 2 aliphatic rings. The number of carboxylic acids is 1. The van der Waals surface area contributed by atoms with E-state index in [4.69, 9.17) is 9.84 Å². The fraction of sp³-hybridized carbons (Fsp3) is 0.476. The third kappa shape index (κ3) is 4.45. The molecule has 1 aromatic heterocycles. The summed E-state index contributed by atoms with van der Waals surface area (Å²) in [5.41, 5.74) is 2.79. The van der Waals surface area contributed by atoms with E-state index in [9.17, 15) is 4.79 Å². The van der Waals surface area contributed by atoms with Gasteiger partial charge in [-0.15, -0.1) is 0 Å². The number of hydrogen-bond donors (Lipinski definition) is 1. The number of benzene rings is 1. The molecule has 2 bridgehead atoms. The maximum absolute atomic E-state index is 10.9. The summed E-state index contributed by atoms with van der Waals surface area (Å²) in [5.74, 6) is 1.26. The molecule has 0 amide bonds. The van der Waals surface area contributed by atoms with Crippen LogP contribution in [0.15, 0.2) is 36.8 Å². The maximum atomic E-state index is 10.9. The molecule has 6 nitrogen and oxygen atoms in total. The van der Waals surface area contributed by atoms with Gasteiger partial charge in [0.2, 0.25) is 0 Å². The molecule has 2 heterocycles. The van der Waals surface area contributed by atoms with Gasteiger partial charge >= 0.3 is 5.97 Å². The van der Waals surface area contributed by atoms with Crippen molar-refractivity contribution in [1.29, 1.82) is 0 Å². The number of ether oxygens (including phenoxy) is 1. The van der Waals surface area contributed by atoms with E-state index in [2.05, 4.69) is 20.9 Å². The van der Waals surface area contributed by atoms with Gasteiger partial charge in [-0.2, -0.15) is 0 Å². The summed E-state index contributed by atoms with van der Waals surface area (Å²) in [4.78, 5) is 22.0. The Morgan fingerprint density at radius 2 is 2.04 bits per heavy atom. The van der Waals surface area contributed by atoms with E-state index in [0.717, 1.165) is 48.3 Å². The molecular weight excluding hydrogens is 342 g/mol. The SMILES string of the molecule is O=C(O)COc1ccc(-c2cnccn2)cc1CN1C[C@H]2CCC[C@@H](C2)C1. The smallest absolute Gasteiger partial charge is 0.341 e. The lowest BCUT2D eigenvalue weighted by atomic mass is 9.78. The summed E-state index contributed by atoms with van der Waals surface area (Å²) in [7, 11) is 0. The number of carboxylic acid groups (broad SMARTS) is 1. The van der Waals surface area contributed by atoms with Crippen molar-refractivity contribution in [2.24, 2.45) is 11.8 Å². The Kier molecular flexibility index (Phi) is 5.34. The zero-order chi connectivity index (χ0) is 18.6. The van der Waals surface area contributed by atoms with Gasteiger partial charge in [-0.25, -0.2) is 4.79 Å². The summed E-state index contributed by atoms with van der Waals surface area (Å²) in [6, 6.07) is 5.83. The van der Waals surface area contributed by atoms with Gasteiger partial charge < -0.3 is 9.84 Å². The molecule has 1 aromatic carbocycles. The van der Waals surface area contributed by atoms with Gasteiger partial charge in [-0.1, -0.05) is 6.42 Å². The zero-order valence-corrected chi connectivity index (χ0v) is 15.4. The van der Waals surface area contributed by atoms with Crippen LogP contribution in [0, 0.1) is 11.8 Å². The van der Waals surface area contributed by atoms with Gasteiger partial charge in [0.25, 0.3) is 0 Å². The minimum atomic E-state index is -0.966. The summed E-state index contributed by atoms with van der Waals surface area (Å²) in [6.45, 7) is 2.67. The van der Waals surface area contributed by atoms with Crippen LogP contribution in [0.2, 0.25) is 0 Å². The highest BCUT2D eigenvalue weighted by Gasteiger charge is 2.30. The van der Waals surface area contributed by atoms with E-state index in [1.807, 2.05) is 12.1 Å². The second kappa shape index (κ2) is 8.05. The van der Waals surface area contributed by atoms with Crippen molar-refractivity contribution in [3.05, 3.63) is 42.4 Å². The number of hydrogen-bond acceptors (Lipinski definition) is 5. The topological polar surface area (TPSA) is 75.5 Å². The van der Waals surface area contributed by atoms with Gasteiger partial charge in [0, 0.05) is 43.2 Å². The number of rotatable bonds is 6. The largest absolute Gasteiger partial charge is 0.482 e. The Labute approximate surface area is 159 Å². The molecule has 4 rings (SSSR count). The quantitative estimate of drug-likeness (QED) is 0.845. The highest BCUT2D eigenvalue weighted by molar-refractivity contribution is 5.69. The molecule has 6 heteroatoms. The molecule has 142 valence electrons. The molecule has 2 atom stereocenters. The average Bonchev–Trinajstić information content (AvgIpc) is 2.67. The van der Waals surface area contributed by atoms with Gasteiger partial charge in [-0.05, 0) is 49.3 Å². The molecule has 27 heavy (non-hydrogen) atoms. The van der Waals surface area contributed by atoms with Crippen LogP contribution in [0.25, 0.3) is 11.3 Å². The van der Waals surface area contributed by atoms with Crippen molar-refractivity contribution in [2.75, 3.05) is 19.7 Å². The lowest BCUT2D eigenvalue weighted by Gasteiger charge is -2.41. The molecule has 2 fully saturated rings. The molecule has 1 saturated carbocycles. The highest BCUT2D eigenvalue weighted by Crippen LogP contribution is 2.36. The average molecular weight is 367 g/mol. The molecule has 0 spiro atoms. The first kappa shape index (κ1) is 17.9. The van der Waals surface area contributed by atoms with E-state index >= 15 is 0 Å². The highest BCUT2D eigenvalue weighted by atomic mass is 16.5. The van der Waals surface area contributed by atoms with Crippen LogP contribution >= 0.6 is 0 Å². The molecule has 1 saturated heterocycles. The van der Waals surface area contributed by atoms with Crippen LogP contribution in [0.5, 0.6) is 5.75 Å². The van der Waals surface area contributed by atoms with Crippen LogP contribution in [0.4, 0.5) is 0 Å². The van der Waals surface area contributed by atoms with Crippen LogP contribution in [0.3, 0.4) is 0 Å². The molecular formula is C21H25N3O3. The molecule has 2 aromatic rings. The fourth-order valence-corrected chi connectivity index (χ4v) is 4.50. The van der Waals surface area contributed by atoms with E-state index < -0.39 is 5.97 Å². The first-order valence-electron chi connectivity index (χ1n) is 9.63. The van der Waals surface area contributed by atoms with Crippen LogP contribution in [-0.2, 0) is 11.3 Å². The van der Waals surface area contributed by atoms with Crippen molar-refractivity contribution in [2.45, 2.75) is 32.2 Å². The first-order valence-corrected chi connectivity index (χ1v) is 9.63. The van der Waals surface area contributed by atoms with Crippen molar-refractivity contribution in [3.63, 3.8) is 0 Å². The predicted molar refractivity (Wildman–Crippen MR) is 101 cm³/mol.